The lowest BCUT2D eigenvalue weighted by atomic mass is 10.4. The van der Waals surface area contributed by atoms with Gasteiger partial charge in [0.2, 0.25) is 0 Å². The summed E-state index contributed by atoms with van der Waals surface area (Å²) >= 11 is 3.35. The van der Waals surface area contributed by atoms with Gasteiger partial charge in [0.1, 0.15) is 16.2 Å². The van der Waals surface area contributed by atoms with Crippen molar-refractivity contribution in [3.8, 4) is 0 Å². The molecule has 0 bridgehead atoms. The number of hydrogen-bond donors (Lipinski definition) is 1. The maximum absolute atomic E-state index is 5.58. The Morgan fingerprint density at radius 3 is 3.21 bits per heavy atom. The van der Waals surface area contributed by atoms with Crippen molar-refractivity contribution in [3.05, 3.63) is 17.8 Å². The second kappa shape index (κ2) is 4.25. The zero-order chi connectivity index (χ0) is 9.97. The lowest BCUT2D eigenvalue weighted by Gasteiger charge is -2.07. The van der Waals surface area contributed by atoms with Crippen LogP contribution >= 0.6 is 23.1 Å². The van der Waals surface area contributed by atoms with Crippen molar-refractivity contribution < 1.29 is 0 Å². The highest BCUT2D eigenvalue weighted by Gasteiger charge is 2.08. The number of aromatic nitrogens is 2. The van der Waals surface area contributed by atoms with Crippen molar-refractivity contribution in [1.29, 1.82) is 0 Å². The van der Waals surface area contributed by atoms with E-state index >= 15 is 0 Å². The third-order valence-electron chi connectivity index (χ3n) is 1.87. The highest BCUT2D eigenvalue weighted by atomic mass is 32.2. The predicted molar refractivity (Wildman–Crippen MR) is 61.8 cm³/mol. The van der Waals surface area contributed by atoms with Crippen LogP contribution in [0.1, 0.15) is 6.92 Å². The summed E-state index contributed by atoms with van der Waals surface area (Å²) in [5, 5.41) is 4.61. The largest absolute Gasteiger partial charge is 0.329 e. The number of fused-ring (bicyclic) bond motifs is 1. The highest BCUT2D eigenvalue weighted by Crippen LogP contribution is 2.29. The van der Waals surface area contributed by atoms with E-state index in [0.717, 1.165) is 15.2 Å². The van der Waals surface area contributed by atoms with Gasteiger partial charge in [-0.3, -0.25) is 0 Å². The van der Waals surface area contributed by atoms with E-state index in [1.807, 2.05) is 5.38 Å². The molecule has 74 valence electrons. The standard InChI is InChI=1S/C9H11N3S2/c1-6(4-10)14-9-7-2-3-13-8(7)11-5-12-9/h2-3,5-6H,4,10H2,1H3. The molecule has 0 amide bonds. The van der Waals surface area contributed by atoms with Crippen LogP contribution in [0.25, 0.3) is 10.2 Å². The van der Waals surface area contributed by atoms with Crippen LogP contribution in [0.2, 0.25) is 0 Å². The zero-order valence-corrected chi connectivity index (χ0v) is 9.44. The molecule has 0 aliphatic heterocycles. The first-order chi connectivity index (χ1) is 6.81. The molecule has 5 heteroatoms. The number of thiophene rings is 1. The third kappa shape index (κ3) is 1.89. The zero-order valence-electron chi connectivity index (χ0n) is 7.80. The van der Waals surface area contributed by atoms with Crippen molar-refractivity contribution in [2.75, 3.05) is 6.54 Å². The molecule has 2 N–H and O–H groups in total. The second-order valence-corrected chi connectivity index (χ2v) is 5.30. The molecule has 0 fully saturated rings. The molecule has 0 saturated heterocycles. The molecule has 2 heterocycles. The van der Waals surface area contributed by atoms with Crippen molar-refractivity contribution in [2.45, 2.75) is 17.2 Å². The summed E-state index contributed by atoms with van der Waals surface area (Å²) in [5.41, 5.74) is 5.58. The van der Waals surface area contributed by atoms with E-state index in [9.17, 15) is 0 Å². The summed E-state index contributed by atoms with van der Waals surface area (Å²) in [5.74, 6) is 0. The van der Waals surface area contributed by atoms with E-state index in [4.69, 9.17) is 5.73 Å². The average Bonchev–Trinajstić information content (AvgIpc) is 2.66. The van der Waals surface area contributed by atoms with Crippen LogP contribution in [0.15, 0.2) is 22.8 Å². The maximum atomic E-state index is 5.58. The van der Waals surface area contributed by atoms with Gasteiger partial charge < -0.3 is 5.73 Å². The first-order valence-corrected chi connectivity index (χ1v) is 6.12. The van der Waals surface area contributed by atoms with Gasteiger partial charge in [-0.25, -0.2) is 9.97 Å². The first kappa shape index (κ1) is 9.89. The number of hydrogen-bond acceptors (Lipinski definition) is 5. The van der Waals surface area contributed by atoms with E-state index in [1.54, 1.807) is 29.4 Å². The molecule has 0 saturated carbocycles. The average molecular weight is 225 g/mol. The van der Waals surface area contributed by atoms with E-state index in [0.29, 0.717) is 11.8 Å². The summed E-state index contributed by atoms with van der Waals surface area (Å²) < 4.78 is 0. The van der Waals surface area contributed by atoms with Gasteiger partial charge in [-0.1, -0.05) is 6.92 Å². The molecule has 14 heavy (non-hydrogen) atoms. The van der Waals surface area contributed by atoms with Gasteiger partial charge in [-0.15, -0.1) is 23.1 Å². The Morgan fingerprint density at radius 2 is 2.43 bits per heavy atom. The van der Waals surface area contributed by atoms with Gasteiger partial charge in [0, 0.05) is 17.2 Å². The molecule has 2 aromatic rings. The fourth-order valence-corrected chi connectivity index (χ4v) is 2.77. The number of thioether (sulfide) groups is 1. The van der Waals surface area contributed by atoms with Crippen molar-refractivity contribution in [1.82, 2.24) is 9.97 Å². The highest BCUT2D eigenvalue weighted by molar-refractivity contribution is 8.00. The van der Waals surface area contributed by atoms with Gasteiger partial charge in [-0.2, -0.15) is 0 Å². The van der Waals surface area contributed by atoms with Crippen LogP contribution < -0.4 is 5.73 Å². The topological polar surface area (TPSA) is 51.8 Å². The molecule has 3 nitrogen and oxygen atoms in total. The van der Waals surface area contributed by atoms with Gasteiger partial charge in [0.15, 0.2) is 0 Å². The van der Waals surface area contributed by atoms with Gasteiger partial charge in [-0.05, 0) is 11.4 Å². The number of nitrogens with two attached hydrogens (primary N) is 1. The van der Waals surface area contributed by atoms with Crippen LogP contribution in [0.3, 0.4) is 0 Å². The molecule has 0 aliphatic rings. The normalized spacial score (nSPS) is 13.3. The van der Waals surface area contributed by atoms with Crippen molar-refractivity contribution in [2.24, 2.45) is 5.73 Å². The predicted octanol–water partition coefficient (Wildman–Crippen LogP) is 2.13. The Balaban J connectivity index is 2.36. The smallest absolute Gasteiger partial charge is 0.127 e. The minimum absolute atomic E-state index is 0.396. The Morgan fingerprint density at radius 1 is 1.57 bits per heavy atom. The van der Waals surface area contributed by atoms with Crippen LogP contribution in [-0.2, 0) is 0 Å². The van der Waals surface area contributed by atoms with E-state index < -0.39 is 0 Å². The molecular formula is C9H11N3S2. The molecule has 1 atom stereocenters. The molecule has 0 aromatic carbocycles. The molecule has 2 aromatic heterocycles. The quantitative estimate of drug-likeness (QED) is 0.642. The third-order valence-corrected chi connectivity index (χ3v) is 3.83. The van der Waals surface area contributed by atoms with E-state index in [2.05, 4.69) is 23.0 Å². The summed E-state index contributed by atoms with van der Waals surface area (Å²) in [7, 11) is 0. The Kier molecular flexibility index (Phi) is 3.00. The van der Waals surface area contributed by atoms with Crippen LogP contribution in [-0.4, -0.2) is 21.8 Å². The molecule has 1 unspecified atom stereocenters. The summed E-state index contributed by atoms with van der Waals surface area (Å²) in [6.45, 7) is 2.77. The van der Waals surface area contributed by atoms with Crippen LogP contribution in [0.5, 0.6) is 0 Å². The Bertz CT molecular complexity index is 427. The number of rotatable bonds is 3. The van der Waals surface area contributed by atoms with E-state index in [-0.39, 0.29) is 0 Å². The lowest BCUT2D eigenvalue weighted by molar-refractivity contribution is 0.945. The fraction of sp³-hybridized carbons (Fsp3) is 0.333. The maximum Gasteiger partial charge on any atom is 0.127 e. The summed E-state index contributed by atoms with van der Waals surface area (Å²) in [6, 6.07) is 2.06. The van der Waals surface area contributed by atoms with Gasteiger partial charge in [0.25, 0.3) is 0 Å². The minimum Gasteiger partial charge on any atom is -0.329 e. The Hall–Kier alpha value is -0.650. The summed E-state index contributed by atoms with van der Waals surface area (Å²) in [6.07, 6.45) is 1.62. The molecule has 0 radical (unpaired) electrons. The van der Waals surface area contributed by atoms with Crippen molar-refractivity contribution >= 4 is 33.3 Å². The monoisotopic (exact) mass is 225 g/mol. The van der Waals surface area contributed by atoms with Crippen molar-refractivity contribution in [3.63, 3.8) is 0 Å². The van der Waals surface area contributed by atoms with Crippen LogP contribution in [0, 0.1) is 0 Å². The minimum atomic E-state index is 0.396. The van der Waals surface area contributed by atoms with E-state index in [1.165, 1.54) is 0 Å². The Labute approximate surface area is 90.8 Å². The second-order valence-electron chi connectivity index (χ2n) is 2.98. The van der Waals surface area contributed by atoms with Gasteiger partial charge in [0.05, 0.1) is 0 Å². The molecule has 0 aliphatic carbocycles. The summed E-state index contributed by atoms with van der Waals surface area (Å²) in [4.78, 5) is 9.52. The SMILES string of the molecule is CC(CN)Sc1ncnc2sccc12. The number of nitrogens with zero attached hydrogens (tertiary/aromatic N) is 2. The fourth-order valence-electron chi connectivity index (χ4n) is 1.10. The molecule has 2 rings (SSSR count). The van der Waals surface area contributed by atoms with Crippen LogP contribution in [0.4, 0.5) is 0 Å². The lowest BCUT2D eigenvalue weighted by Crippen LogP contribution is -2.12. The molecule has 0 spiro atoms. The van der Waals surface area contributed by atoms with Gasteiger partial charge >= 0.3 is 0 Å². The molecular weight excluding hydrogens is 214 g/mol. The first-order valence-electron chi connectivity index (χ1n) is 4.36.